The Hall–Kier alpha value is -0.570. The van der Waals surface area contributed by atoms with Crippen molar-refractivity contribution in [2.75, 3.05) is 0 Å². The van der Waals surface area contributed by atoms with E-state index in [4.69, 9.17) is 10.8 Å². The molecule has 3 N–H and O–H groups in total. The van der Waals surface area contributed by atoms with Gasteiger partial charge in [-0.1, -0.05) is 13.3 Å². The highest BCUT2D eigenvalue weighted by Gasteiger charge is 2.36. The number of rotatable bonds is 2. The molecule has 0 aromatic heterocycles. The van der Waals surface area contributed by atoms with Crippen molar-refractivity contribution in [1.29, 1.82) is 0 Å². The zero-order chi connectivity index (χ0) is 8.43. The molecule has 3 atom stereocenters. The molecule has 3 unspecified atom stereocenters. The highest BCUT2D eigenvalue weighted by atomic mass is 16.4. The van der Waals surface area contributed by atoms with Gasteiger partial charge >= 0.3 is 5.97 Å². The van der Waals surface area contributed by atoms with E-state index >= 15 is 0 Å². The molecule has 0 bridgehead atoms. The normalized spacial score (nSPS) is 37.5. The van der Waals surface area contributed by atoms with E-state index in [1.165, 1.54) is 0 Å². The van der Waals surface area contributed by atoms with Gasteiger partial charge in [0.2, 0.25) is 0 Å². The highest BCUT2D eigenvalue weighted by molar-refractivity contribution is 5.71. The third kappa shape index (κ3) is 1.53. The van der Waals surface area contributed by atoms with Crippen molar-refractivity contribution in [3.8, 4) is 0 Å². The second-order valence-corrected chi connectivity index (χ2v) is 3.27. The second-order valence-electron chi connectivity index (χ2n) is 3.27. The molecule has 3 heteroatoms. The van der Waals surface area contributed by atoms with E-state index in [2.05, 4.69) is 6.92 Å². The van der Waals surface area contributed by atoms with Crippen molar-refractivity contribution in [3.05, 3.63) is 0 Å². The minimum atomic E-state index is -0.728. The van der Waals surface area contributed by atoms with Crippen molar-refractivity contribution < 1.29 is 9.90 Å². The summed E-state index contributed by atoms with van der Waals surface area (Å²) in [6, 6.07) is -0.113. The summed E-state index contributed by atoms with van der Waals surface area (Å²) in [5.41, 5.74) is 5.75. The van der Waals surface area contributed by atoms with Gasteiger partial charge in [0.1, 0.15) is 0 Å². The quantitative estimate of drug-likeness (QED) is 0.624. The van der Waals surface area contributed by atoms with E-state index in [0.717, 1.165) is 19.3 Å². The lowest BCUT2D eigenvalue weighted by Crippen LogP contribution is -2.35. The Balaban J connectivity index is 2.55. The fourth-order valence-electron chi connectivity index (χ4n) is 1.87. The molecule has 0 amide bonds. The van der Waals surface area contributed by atoms with E-state index in [9.17, 15) is 4.79 Å². The molecule has 1 fully saturated rings. The van der Waals surface area contributed by atoms with Gasteiger partial charge in [0.25, 0.3) is 0 Å². The van der Waals surface area contributed by atoms with Gasteiger partial charge in [0, 0.05) is 6.04 Å². The molecule has 64 valence electrons. The van der Waals surface area contributed by atoms with Crippen LogP contribution in [-0.4, -0.2) is 17.1 Å². The number of hydrogen-bond acceptors (Lipinski definition) is 2. The van der Waals surface area contributed by atoms with Gasteiger partial charge in [0.05, 0.1) is 5.92 Å². The molecule has 0 aromatic rings. The first-order chi connectivity index (χ1) is 5.16. The molecule has 0 aliphatic heterocycles. The summed E-state index contributed by atoms with van der Waals surface area (Å²) in [4.78, 5) is 10.6. The summed E-state index contributed by atoms with van der Waals surface area (Å²) in [6.45, 7) is 2.06. The van der Waals surface area contributed by atoms with Crippen LogP contribution in [0.1, 0.15) is 26.2 Å². The SMILES string of the molecule is CCC1CCC(C(=O)O)C1N. The average Bonchev–Trinajstić information content (AvgIpc) is 2.30. The molecule has 1 aliphatic rings. The number of hydrogen-bond donors (Lipinski definition) is 2. The van der Waals surface area contributed by atoms with Crippen molar-refractivity contribution in [1.82, 2.24) is 0 Å². The molecular formula is C8H15NO2. The number of carbonyl (C=O) groups is 1. The maximum atomic E-state index is 10.6. The standard InChI is InChI=1S/C8H15NO2/c1-2-5-3-4-6(7(5)9)8(10)11/h5-7H,2-4,9H2,1H3,(H,10,11). The summed E-state index contributed by atoms with van der Waals surface area (Å²) in [6.07, 6.45) is 2.74. The Kier molecular flexibility index (Phi) is 2.49. The van der Waals surface area contributed by atoms with Crippen LogP contribution in [0.25, 0.3) is 0 Å². The summed E-state index contributed by atoms with van der Waals surface area (Å²) in [7, 11) is 0. The maximum absolute atomic E-state index is 10.6. The Morgan fingerprint density at radius 2 is 2.27 bits per heavy atom. The summed E-state index contributed by atoms with van der Waals surface area (Å²) in [5.74, 6) is -0.593. The van der Waals surface area contributed by atoms with Crippen LogP contribution in [0.2, 0.25) is 0 Å². The predicted octanol–water partition coefficient (Wildman–Crippen LogP) is 0.835. The fraction of sp³-hybridized carbons (Fsp3) is 0.875. The van der Waals surface area contributed by atoms with Crippen LogP contribution >= 0.6 is 0 Å². The minimum absolute atomic E-state index is 0.113. The van der Waals surface area contributed by atoms with Crippen LogP contribution in [0.15, 0.2) is 0 Å². The van der Waals surface area contributed by atoms with Crippen LogP contribution in [0.4, 0.5) is 0 Å². The number of carboxylic acids is 1. The van der Waals surface area contributed by atoms with Gasteiger partial charge < -0.3 is 10.8 Å². The Morgan fingerprint density at radius 3 is 2.55 bits per heavy atom. The molecular weight excluding hydrogens is 142 g/mol. The number of carboxylic acid groups (broad SMARTS) is 1. The van der Waals surface area contributed by atoms with Crippen molar-refractivity contribution >= 4 is 5.97 Å². The lowest BCUT2D eigenvalue weighted by atomic mass is 9.97. The summed E-state index contributed by atoms with van der Waals surface area (Å²) in [5, 5.41) is 8.72. The molecule has 1 aliphatic carbocycles. The molecule has 1 rings (SSSR count). The Bertz CT molecular complexity index is 158. The molecule has 0 spiro atoms. The van der Waals surface area contributed by atoms with Crippen LogP contribution in [0.3, 0.4) is 0 Å². The topological polar surface area (TPSA) is 63.3 Å². The lowest BCUT2D eigenvalue weighted by molar-refractivity contribution is -0.142. The Morgan fingerprint density at radius 1 is 1.64 bits per heavy atom. The number of nitrogens with two attached hydrogens (primary N) is 1. The van der Waals surface area contributed by atoms with E-state index in [-0.39, 0.29) is 12.0 Å². The van der Waals surface area contributed by atoms with Crippen molar-refractivity contribution in [3.63, 3.8) is 0 Å². The molecule has 0 radical (unpaired) electrons. The van der Waals surface area contributed by atoms with Gasteiger partial charge in [-0.05, 0) is 18.8 Å². The average molecular weight is 157 g/mol. The molecule has 1 saturated carbocycles. The smallest absolute Gasteiger partial charge is 0.308 e. The van der Waals surface area contributed by atoms with Crippen LogP contribution in [-0.2, 0) is 4.79 Å². The second kappa shape index (κ2) is 3.22. The van der Waals surface area contributed by atoms with Crippen molar-refractivity contribution in [2.45, 2.75) is 32.2 Å². The maximum Gasteiger partial charge on any atom is 0.308 e. The first kappa shape index (κ1) is 8.53. The van der Waals surface area contributed by atoms with Crippen LogP contribution < -0.4 is 5.73 Å². The first-order valence-corrected chi connectivity index (χ1v) is 4.15. The van der Waals surface area contributed by atoms with Gasteiger partial charge in [-0.2, -0.15) is 0 Å². The minimum Gasteiger partial charge on any atom is -0.481 e. The highest BCUT2D eigenvalue weighted by Crippen LogP contribution is 2.31. The van der Waals surface area contributed by atoms with Gasteiger partial charge in [-0.3, -0.25) is 4.79 Å². The number of aliphatic carboxylic acids is 1. The van der Waals surface area contributed by atoms with E-state index in [1.54, 1.807) is 0 Å². The third-order valence-electron chi connectivity index (χ3n) is 2.70. The zero-order valence-electron chi connectivity index (χ0n) is 6.79. The lowest BCUT2D eigenvalue weighted by Gasteiger charge is -2.15. The third-order valence-corrected chi connectivity index (χ3v) is 2.70. The van der Waals surface area contributed by atoms with Crippen LogP contribution in [0, 0.1) is 11.8 Å². The van der Waals surface area contributed by atoms with Gasteiger partial charge in [0.15, 0.2) is 0 Å². The summed E-state index contributed by atoms with van der Waals surface area (Å²) < 4.78 is 0. The van der Waals surface area contributed by atoms with E-state index in [0.29, 0.717) is 5.92 Å². The molecule has 3 nitrogen and oxygen atoms in total. The van der Waals surface area contributed by atoms with Gasteiger partial charge in [-0.25, -0.2) is 0 Å². The largest absolute Gasteiger partial charge is 0.481 e. The first-order valence-electron chi connectivity index (χ1n) is 4.15. The molecule has 11 heavy (non-hydrogen) atoms. The monoisotopic (exact) mass is 157 g/mol. The fourth-order valence-corrected chi connectivity index (χ4v) is 1.87. The Labute approximate surface area is 66.6 Å². The van der Waals surface area contributed by atoms with E-state index < -0.39 is 5.97 Å². The zero-order valence-corrected chi connectivity index (χ0v) is 6.79. The molecule has 0 aromatic carbocycles. The predicted molar refractivity (Wildman–Crippen MR) is 42.1 cm³/mol. The summed E-state index contributed by atoms with van der Waals surface area (Å²) >= 11 is 0. The van der Waals surface area contributed by atoms with Crippen molar-refractivity contribution in [2.24, 2.45) is 17.6 Å². The van der Waals surface area contributed by atoms with E-state index in [1.807, 2.05) is 0 Å². The molecule has 0 saturated heterocycles. The van der Waals surface area contributed by atoms with Crippen LogP contribution in [0.5, 0.6) is 0 Å². The van der Waals surface area contributed by atoms with Gasteiger partial charge in [-0.15, -0.1) is 0 Å². The molecule has 0 heterocycles.